The van der Waals surface area contributed by atoms with Gasteiger partial charge in [0, 0.05) is 25.7 Å². The highest BCUT2D eigenvalue weighted by atomic mass is 15.3. The molecule has 5 nitrogen and oxygen atoms in total. The lowest BCUT2D eigenvalue weighted by Gasteiger charge is -2.34. The molecule has 0 spiro atoms. The standard InChI is InChI=1S/C11H21N5/c1-3-16-11(13-8-14-16)7-15-5-9(2)4-10(12)6-15/h8-10H,3-7,12H2,1-2H3. The van der Waals surface area contributed by atoms with Crippen molar-refractivity contribution >= 4 is 0 Å². The quantitative estimate of drug-likeness (QED) is 0.809. The Bertz CT molecular complexity index is 325. The second-order valence-electron chi connectivity index (χ2n) is 4.79. The molecule has 2 N–H and O–H groups in total. The minimum Gasteiger partial charge on any atom is -0.327 e. The average molecular weight is 223 g/mol. The summed E-state index contributed by atoms with van der Waals surface area (Å²) < 4.78 is 1.95. The van der Waals surface area contributed by atoms with Crippen LogP contribution in [-0.4, -0.2) is 38.8 Å². The predicted octanol–water partition coefficient (Wildman–Crippen LogP) is 0.467. The van der Waals surface area contributed by atoms with Crippen LogP contribution in [0, 0.1) is 5.92 Å². The van der Waals surface area contributed by atoms with Crippen LogP contribution in [-0.2, 0) is 13.1 Å². The van der Waals surface area contributed by atoms with Crippen LogP contribution in [0.5, 0.6) is 0 Å². The van der Waals surface area contributed by atoms with E-state index in [0.717, 1.165) is 38.4 Å². The van der Waals surface area contributed by atoms with Crippen molar-refractivity contribution in [1.82, 2.24) is 19.7 Å². The van der Waals surface area contributed by atoms with E-state index in [1.807, 2.05) is 4.68 Å². The fourth-order valence-corrected chi connectivity index (χ4v) is 2.52. The Labute approximate surface area is 96.6 Å². The Balaban J connectivity index is 1.98. The molecule has 0 radical (unpaired) electrons. The summed E-state index contributed by atoms with van der Waals surface area (Å²) in [7, 11) is 0. The molecule has 1 saturated heterocycles. The normalized spacial score (nSPS) is 27.2. The molecule has 0 aliphatic carbocycles. The molecule has 0 amide bonds. The van der Waals surface area contributed by atoms with E-state index in [2.05, 4.69) is 28.8 Å². The van der Waals surface area contributed by atoms with Gasteiger partial charge in [-0.1, -0.05) is 6.92 Å². The first-order valence-electron chi connectivity index (χ1n) is 6.03. The van der Waals surface area contributed by atoms with Crippen molar-refractivity contribution in [3.05, 3.63) is 12.2 Å². The van der Waals surface area contributed by atoms with E-state index in [1.54, 1.807) is 6.33 Å². The molecule has 5 heteroatoms. The summed E-state index contributed by atoms with van der Waals surface area (Å²) in [5, 5.41) is 4.19. The van der Waals surface area contributed by atoms with E-state index in [9.17, 15) is 0 Å². The zero-order valence-electron chi connectivity index (χ0n) is 10.1. The summed E-state index contributed by atoms with van der Waals surface area (Å²) in [4.78, 5) is 6.68. The zero-order chi connectivity index (χ0) is 11.5. The van der Waals surface area contributed by atoms with Gasteiger partial charge >= 0.3 is 0 Å². The lowest BCUT2D eigenvalue weighted by molar-refractivity contribution is 0.153. The van der Waals surface area contributed by atoms with Crippen LogP contribution in [0.3, 0.4) is 0 Å². The number of hydrogen-bond acceptors (Lipinski definition) is 4. The molecular formula is C11H21N5. The fraction of sp³-hybridized carbons (Fsp3) is 0.818. The van der Waals surface area contributed by atoms with Gasteiger partial charge in [0.2, 0.25) is 0 Å². The molecule has 0 bridgehead atoms. The summed E-state index contributed by atoms with van der Waals surface area (Å²) in [6, 6.07) is 0.307. The van der Waals surface area contributed by atoms with Crippen molar-refractivity contribution in [2.75, 3.05) is 13.1 Å². The van der Waals surface area contributed by atoms with Gasteiger partial charge in [-0.15, -0.1) is 0 Å². The Kier molecular flexibility index (Phi) is 3.56. The Hall–Kier alpha value is -0.940. The predicted molar refractivity (Wildman–Crippen MR) is 62.7 cm³/mol. The molecule has 1 aromatic heterocycles. The minimum absolute atomic E-state index is 0.307. The third-order valence-corrected chi connectivity index (χ3v) is 3.13. The van der Waals surface area contributed by atoms with E-state index in [-0.39, 0.29) is 0 Å². The van der Waals surface area contributed by atoms with Gasteiger partial charge in [0.25, 0.3) is 0 Å². The van der Waals surface area contributed by atoms with E-state index < -0.39 is 0 Å². The van der Waals surface area contributed by atoms with Gasteiger partial charge in [-0.25, -0.2) is 9.67 Å². The molecule has 1 aromatic rings. The number of aromatic nitrogens is 3. The lowest BCUT2D eigenvalue weighted by atomic mass is 9.97. The summed E-state index contributed by atoms with van der Waals surface area (Å²) in [5.74, 6) is 1.73. The van der Waals surface area contributed by atoms with Gasteiger partial charge in [-0.2, -0.15) is 5.10 Å². The van der Waals surface area contributed by atoms with Crippen LogP contribution in [0.1, 0.15) is 26.1 Å². The smallest absolute Gasteiger partial charge is 0.140 e. The third-order valence-electron chi connectivity index (χ3n) is 3.13. The summed E-state index contributed by atoms with van der Waals surface area (Å²) in [6.45, 7) is 8.18. The van der Waals surface area contributed by atoms with Gasteiger partial charge in [0.1, 0.15) is 12.2 Å². The van der Waals surface area contributed by atoms with Crippen molar-refractivity contribution in [3.8, 4) is 0 Å². The van der Waals surface area contributed by atoms with E-state index in [0.29, 0.717) is 12.0 Å². The molecule has 90 valence electrons. The van der Waals surface area contributed by atoms with Gasteiger partial charge in [0.05, 0.1) is 6.54 Å². The number of likely N-dealkylation sites (tertiary alicyclic amines) is 1. The lowest BCUT2D eigenvalue weighted by Crippen LogP contribution is -2.46. The molecule has 2 unspecified atom stereocenters. The number of aryl methyl sites for hydroxylation is 1. The van der Waals surface area contributed by atoms with E-state index in [1.165, 1.54) is 0 Å². The highest BCUT2D eigenvalue weighted by Gasteiger charge is 2.23. The highest BCUT2D eigenvalue weighted by Crippen LogP contribution is 2.16. The molecule has 1 aliphatic heterocycles. The fourth-order valence-electron chi connectivity index (χ4n) is 2.52. The molecule has 2 heterocycles. The number of rotatable bonds is 3. The maximum absolute atomic E-state index is 6.03. The molecule has 0 aromatic carbocycles. The van der Waals surface area contributed by atoms with Crippen LogP contribution in [0.25, 0.3) is 0 Å². The van der Waals surface area contributed by atoms with Crippen LogP contribution < -0.4 is 5.73 Å². The van der Waals surface area contributed by atoms with Crippen molar-refractivity contribution in [1.29, 1.82) is 0 Å². The largest absolute Gasteiger partial charge is 0.327 e. The van der Waals surface area contributed by atoms with Gasteiger partial charge in [-0.05, 0) is 19.3 Å². The first kappa shape index (κ1) is 11.5. The first-order valence-corrected chi connectivity index (χ1v) is 6.03. The second-order valence-corrected chi connectivity index (χ2v) is 4.79. The van der Waals surface area contributed by atoms with Crippen molar-refractivity contribution in [2.45, 2.75) is 39.4 Å². The van der Waals surface area contributed by atoms with Crippen LogP contribution >= 0.6 is 0 Å². The van der Waals surface area contributed by atoms with Crippen molar-refractivity contribution < 1.29 is 0 Å². The number of piperidine rings is 1. The van der Waals surface area contributed by atoms with Crippen molar-refractivity contribution in [3.63, 3.8) is 0 Å². The van der Waals surface area contributed by atoms with Crippen LogP contribution in [0.4, 0.5) is 0 Å². The van der Waals surface area contributed by atoms with E-state index in [4.69, 9.17) is 5.73 Å². The topological polar surface area (TPSA) is 60.0 Å². The van der Waals surface area contributed by atoms with Crippen LogP contribution in [0.2, 0.25) is 0 Å². The Morgan fingerprint density at radius 2 is 2.31 bits per heavy atom. The maximum atomic E-state index is 6.03. The molecular weight excluding hydrogens is 202 g/mol. The van der Waals surface area contributed by atoms with Gasteiger partial charge in [0.15, 0.2) is 0 Å². The van der Waals surface area contributed by atoms with E-state index >= 15 is 0 Å². The summed E-state index contributed by atoms with van der Waals surface area (Å²) in [6.07, 6.45) is 2.77. The van der Waals surface area contributed by atoms with Gasteiger partial charge < -0.3 is 5.73 Å². The van der Waals surface area contributed by atoms with Crippen molar-refractivity contribution in [2.24, 2.45) is 11.7 Å². The Morgan fingerprint density at radius 3 is 3.00 bits per heavy atom. The Morgan fingerprint density at radius 1 is 1.50 bits per heavy atom. The monoisotopic (exact) mass is 223 g/mol. The molecule has 16 heavy (non-hydrogen) atoms. The second kappa shape index (κ2) is 4.93. The number of nitrogens with two attached hydrogens (primary N) is 1. The third kappa shape index (κ3) is 2.59. The molecule has 2 atom stereocenters. The average Bonchev–Trinajstić information content (AvgIpc) is 2.63. The number of hydrogen-bond donors (Lipinski definition) is 1. The minimum atomic E-state index is 0.307. The molecule has 2 rings (SSSR count). The molecule has 0 saturated carbocycles. The highest BCUT2D eigenvalue weighted by molar-refractivity contribution is 4.88. The molecule has 1 fully saturated rings. The first-order chi connectivity index (χ1) is 7.69. The summed E-state index contributed by atoms with van der Waals surface area (Å²) in [5.41, 5.74) is 6.03. The van der Waals surface area contributed by atoms with Gasteiger partial charge in [-0.3, -0.25) is 4.90 Å². The number of nitrogens with zero attached hydrogens (tertiary/aromatic N) is 4. The van der Waals surface area contributed by atoms with Crippen LogP contribution in [0.15, 0.2) is 6.33 Å². The molecule has 1 aliphatic rings. The zero-order valence-corrected chi connectivity index (χ0v) is 10.1. The summed E-state index contributed by atoms with van der Waals surface area (Å²) >= 11 is 0. The maximum Gasteiger partial charge on any atom is 0.140 e. The SMILES string of the molecule is CCn1ncnc1CN1CC(C)CC(N)C1.